The van der Waals surface area contributed by atoms with Crippen LogP contribution in [0.25, 0.3) is 0 Å². The van der Waals surface area contributed by atoms with Crippen molar-refractivity contribution in [2.45, 2.75) is 82.2 Å². The van der Waals surface area contributed by atoms with Crippen LogP contribution in [0.1, 0.15) is 71.1 Å². The molecule has 2 rings (SSSR count). The molecule has 0 aliphatic heterocycles. The van der Waals surface area contributed by atoms with Gasteiger partial charge in [0.05, 0.1) is 0 Å². The van der Waals surface area contributed by atoms with E-state index in [4.69, 9.17) is 5.73 Å². The van der Waals surface area contributed by atoms with Gasteiger partial charge in [-0.25, -0.2) is 0 Å². The van der Waals surface area contributed by atoms with Gasteiger partial charge in [-0.1, -0.05) is 32.1 Å². The van der Waals surface area contributed by atoms with Crippen molar-refractivity contribution in [3.8, 4) is 0 Å². The van der Waals surface area contributed by atoms with Crippen LogP contribution in [-0.2, 0) is 0 Å². The minimum Gasteiger partial charge on any atom is -0.325 e. The Balaban J connectivity index is 1.70. The van der Waals surface area contributed by atoms with Gasteiger partial charge in [0, 0.05) is 11.1 Å². The topological polar surface area (TPSA) is 38.0 Å². The number of nitrogens with one attached hydrogen (secondary N) is 1. The van der Waals surface area contributed by atoms with Crippen LogP contribution in [-0.4, -0.2) is 17.6 Å². The fourth-order valence-corrected chi connectivity index (χ4v) is 3.45. The van der Waals surface area contributed by atoms with E-state index in [1.807, 2.05) is 0 Å². The van der Waals surface area contributed by atoms with E-state index in [1.54, 1.807) is 0 Å². The molecule has 2 nitrogen and oxygen atoms in total. The lowest BCUT2D eigenvalue weighted by Gasteiger charge is -2.35. The lowest BCUT2D eigenvalue weighted by atomic mass is 9.80. The molecule has 0 atom stereocenters. The molecule has 0 bridgehead atoms. The van der Waals surface area contributed by atoms with Crippen molar-refractivity contribution in [2.75, 3.05) is 6.54 Å². The third-order valence-corrected chi connectivity index (χ3v) is 4.73. The first kappa shape index (κ1) is 12.4. The molecule has 0 unspecified atom stereocenters. The van der Waals surface area contributed by atoms with Gasteiger partial charge in [0.25, 0.3) is 0 Å². The lowest BCUT2D eigenvalue weighted by Crippen LogP contribution is -2.47. The summed E-state index contributed by atoms with van der Waals surface area (Å²) in [7, 11) is 0. The average Bonchev–Trinajstić information content (AvgIpc) is 2.66. The van der Waals surface area contributed by atoms with Crippen LogP contribution in [0.2, 0.25) is 0 Å². The Hall–Kier alpha value is -0.0800. The van der Waals surface area contributed by atoms with E-state index < -0.39 is 0 Å². The Labute approximate surface area is 100 Å². The Morgan fingerprint density at radius 2 is 1.50 bits per heavy atom. The van der Waals surface area contributed by atoms with Gasteiger partial charge < -0.3 is 11.1 Å². The van der Waals surface area contributed by atoms with E-state index in [0.717, 1.165) is 6.54 Å². The average molecular weight is 224 g/mol. The van der Waals surface area contributed by atoms with E-state index in [9.17, 15) is 0 Å². The van der Waals surface area contributed by atoms with Crippen LogP contribution in [0, 0.1) is 0 Å². The molecule has 2 heteroatoms. The van der Waals surface area contributed by atoms with E-state index in [-0.39, 0.29) is 5.54 Å². The van der Waals surface area contributed by atoms with Crippen LogP contribution in [0.5, 0.6) is 0 Å². The van der Waals surface area contributed by atoms with E-state index in [0.29, 0.717) is 5.54 Å². The van der Waals surface area contributed by atoms with Crippen molar-refractivity contribution in [3.05, 3.63) is 0 Å². The van der Waals surface area contributed by atoms with Crippen molar-refractivity contribution in [3.63, 3.8) is 0 Å². The maximum Gasteiger partial charge on any atom is 0.0166 e. The maximum absolute atomic E-state index is 6.45. The van der Waals surface area contributed by atoms with E-state index >= 15 is 0 Å². The van der Waals surface area contributed by atoms with Crippen molar-refractivity contribution >= 4 is 0 Å². The maximum atomic E-state index is 6.45. The Bertz CT molecular complexity index is 213. The fourth-order valence-electron chi connectivity index (χ4n) is 3.45. The van der Waals surface area contributed by atoms with Crippen LogP contribution >= 0.6 is 0 Å². The third kappa shape index (κ3) is 3.21. The fraction of sp³-hybridized carbons (Fsp3) is 1.00. The molecule has 2 aliphatic rings. The minimum absolute atomic E-state index is 0.153. The molecule has 0 amide bonds. The Morgan fingerprint density at radius 1 is 0.938 bits per heavy atom. The number of nitrogens with two attached hydrogens (primary N) is 1. The van der Waals surface area contributed by atoms with Crippen LogP contribution in [0.4, 0.5) is 0 Å². The Kier molecular flexibility index (Phi) is 3.91. The summed E-state index contributed by atoms with van der Waals surface area (Å²) >= 11 is 0. The van der Waals surface area contributed by atoms with Crippen molar-refractivity contribution < 1.29 is 0 Å². The molecule has 3 N–H and O–H groups in total. The van der Waals surface area contributed by atoms with Crippen molar-refractivity contribution in [1.29, 1.82) is 0 Å². The smallest absolute Gasteiger partial charge is 0.0166 e. The molecule has 2 aliphatic carbocycles. The summed E-state index contributed by atoms with van der Waals surface area (Å²) in [5.41, 5.74) is 7.02. The standard InChI is InChI=1S/C14H28N2/c1-13(7-5-6-8-13)16-12-11-14(15)9-3-2-4-10-14/h16H,2-12,15H2,1H3. The van der Waals surface area contributed by atoms with Gasteiger partial charge in [0.1, 0.15) is 0 Å². The van der Waals surface area contributed by atoms with Gasteiger partial charge in [-0.2, -0.15) is 0 Å². The molecule has 2 fully saturated rings. The number of hydrogen-bond donors (Lipinski definition) is 2. The predicted octanol–water partition coefficient (Wildman–Crippen LogP) is 2.96. The lowest BCUT2D eigenvalue weighted by molar-refractivity contribution is 0.258. The molecular weight excluding hydrogens is 196 g/mol. The summed E-state index contributed by atoms with van der Waals surface area (Å²) in [4.78, 5) is 0. The highest BCUT2D eigenvalue weighted by molar-refractivity contribution is 4.91. The monoisotopic (exact) mass is 224 g/mol. The summed E-state index contributed by atoms with van der Waals surface area (Å²) in [5, 5.41) is 3.75. The SMILES string of the molecule is CC1(NCCC2(N)CCCCC2)CCCC1. The molecule has 0 aromatic rings. The molecular formula is C14H28N2. The van der Waals surface area contributed by atoms with Crippen molar-refractivity contribution in [2.24, 2.45) is 5.73 Å². The first-order valence-corrected chi connectivity index (χ1v) is 7.16. The molecule has 0 radical (unpaired) electrons. The highest BCUT2D eigenvalue weighted by atomic mass is 15.0. The van der Waals surface area contributed by atoms with Gasteiger partial charge in [0.15, 0.2) is 0 Å². The summed E-state index contributed by atoms with van der Waals surface area (Å²) in [5.74, 6) is 0. The zero-order valence-electron chi connectivity index (χ0n) is 10.9. The molecule has 0 saturated heterocycles. The second-order valence-electron chi connectivity index (χ2n) is 6.37. The minimum atomic E-state index is 0.153. The number of hydrogen-bond acceptors (Lipinski definition) is 2. The molecule has 0 aromatic carbocycles. The molecule has 0 aromatic heterocycles. The van der Waals surface area contributed by atoms with Crippen LogP contribution in [0.3, 0.4) is 0 Å². The van der Waals surface area contributed by atoms with E-state index in [1.165, 1.54) is 64.2 Å². The van der Waals surface area contributed by atoms with Crippen molar-refractivity contribution in [1.82, 2.24) is 5.32 Å². The first-order chi connectivity index (χ1) is 7.62. The zero-order valence-corrected chi connectivity index (χ0v) is 10.9. The second kappa shape index (κ2) is 5.05. The summed E-state index contributed by atoms with van der Waals surface area (Å²) in [6.45, 7) is 3.50. The van der Waals surface area contributed by atoms with Gasteiger partial charge in [-0.15, -0.1) is 0 Å². The second-order valence-corrected chi connectivity index (χ2v) is 6.37. The molecule has 94 valence electrons. The summed E-state index contributed by atoms with van der Waals surface area (Å²) in [6.07, 6.45) is 13.2. The van der Waals surface area contributed by atoms with E-state index in [2.05, 4.69) is 12.2 Å². The van der Waals surface area contributed by atoms with Gasteiger partial charge in [-0.3, -0.25) is 0 Å². The normalized spacial score (nSPS) is 28.1. The highest BCUT2D eigenvalue weighted by Crippen LogP contribution is 2.31. The molecule has 16 heavy (non-hydrogen) atoms. The van der Waals surface area contributed by atoms with Crippen LogP contribution in [0.15, 0.2) is 0 Å². The molecule has 0 heterocycles. The van der Waals surface area contributed by atoms with Gasteiger partial charge in [0.2, 0.25) is 0 Å². The van der Waals surface area contributed by atoms with Gasteiger partial charge in [-0.05, 0) is 45.6 Å². The third-order valence-electron chi connectivity index (χ3n) is 4.73. The Morgan fingerprint density at radius 3 is 2.12 bits per heavy atom. The largest absolute Gasteiger partial charge is 0.325 e. The quantitative estimate of drug-likeness (QED) is 0.770. The molecule has 2 saturated carbocycles. The summed E-state index contributed by atoms with van der Waals surface area (Å²) in [6, 6.07) is 0. The first-order valence-electron chi connectivity index (χ1n) is 7.16. The summed E-state index contributed by atoms with van der Waals surface area (Å²) < 4.78 is 0. The molecule has 0 spiro atoms. The highest BCUT2D eigenvalue weighted by Gasteiger charge is 2.30. The van der Waals surface area contributed by atoms with Crippen LogP contribution < -0.4 is 11.1 Å². The predicted molar refractivity (Wildman–Crippen MR) is 69.5 cm³/mol. The van der Waals surface area contributed by atoms with Gasteiger partial charge >= 0.3 is 0 Å². The zero-order chi connectivity index (χ0) is 11.5. The number of rotatable bonds is 4.